The van der Waals surface area contributed by atoms with Crippen molar-refractivity contribution < 1.29 is 9.32 Å². The predicted molar refractivity (Wildman–Crippen MR) is 178 cm³/mol. The van der Waals surface area contributed by atoms with Gasteiger partial charge in [-0.2, -0.15) is 0 Å². The molecule has 2 aliphatic rings. The van der Waals surface area contributed by atoms with Gasteiger partial charge in [0.15, 0.2) is 0 Å². The van der Waals surface area contributed by atoms with E-state index in [0.29, 0.717) is 12.4 Å². The van der Waals surface area contributed by atoms with E-state index < -0.39 is 9.23 Å². The summed E-state index contributed by atoms with van der Waals surface area (Å²) in [7, 11) is 7.36. The molecule has 0 amide bonds. The van der Waals surface area contributed by atoms with Gasteiger partial charge in [-0.15, -0.1) is 36.4 Å². The summed E-state index contributed by atoms with van der Waals surface area (Å²) >= 11 is 5.85. The fourth-order valence-corrected chi connectivity index (χ4v) is 4.10. The van der Waals surface area contributed by atoms with Crippen LogP contribution in [0.2, 0.25) is 0 Å². The lowest BCUT2D eigenvalue weighted by Gasteiger charge is -2.21. The quantitative estimate of drug-likeness (QED) is 0.199. The van der Waals surface area contributed by atoms with Crippen LogP contribution in [0.5, 0.6) is 0 Å². The van der Waals surface area contributed by atoms with Gasteiger partial charge in [0.2, 0.25) is 9.23 Å². The third kappa shape index (κ3) is 18.2. The maximum atomic E-state index is 9.09. The zero-order valence-corrected chi connectivity index (χ0v) is 26.9. The van der Waals surface area contributed by atoms with Crippen molar-refractivity contribution in [3.8, 4) is 0 Å². The smallest absolute Gasteiger partial charge is 0.211 e. The largest absolute Gasteiger partial charge is 0.395 e. The molecule has 0 spiro atoms. The Morgan fingerprint density at radius 2 is 1.12 bits per heavy atom. The highest BCUT2D eigenvalue weighted by Crippen LogP contribution is 2.12. The number of allylic oxidation sites excluding steroid dienone is 2. The molecule has 4 rings (SSSR count). The number of aliphatic imine (C=N–C) groups is 2. The molecule has 222 valence electrons. The summed E-state index contributed by atoms with van der Waals surface area (Å²) in [5.41, 5.74) is 4.85. The highest BCUT2D eigenvalue weighted by Gasteiger charge is 2.10. The molecule has 2 aromatic carbocycles. The van der Waals surface area contributed by atoms with Crippen LogP contribution in [0.3, 0.4) is 0 Å². The molecule has 0 fully saturated rings. The molecule has 2 aliphatic heterocycles. The zero-order valence-electron chi connectivity index (χ0n) is 22.2. The summed E-state index contributed by atoms with van der Waals surface area (Å²) in [6, 6.07) is 20.8. The number of halogens is 5. The first-order valence-corrected chi connectivity index (χ1v) is 15.7. The van der Waals surface area contributed by atoms with Gasteiger partial charge in [0, 0.05) is 91.8 Å². The monoisotopic (exact) mass is 668 g/mol. The lowest BCUT2D eigenvalue weighted by atomic mass is 10.2. The molecule has 2 aromatic rings. The number of benzene rings is 2. The minimum Gasteiger partial charge on any atom is -0.395 e. The van der Waals surface area contributed by atoms with E-state index in [2.05, 4.69) is 89.7 Å². The lowest BCUT2D eigenvalue weighted by Crippen LogP contribution is -2.28. The van der Waals surface area contributed by atoms with Crippen molar-refractivity contribution in [2.45, 2.75) is 25.9 Å². The third-order valence-electron chi connectivity index (χ3n) is 5.52. The molecule has 0 atom stereocenters. The Hall–Kier alpha value is -1.26. The number of hydrogen-bond donors (Lipinski definition) is 1. The Morgan fingerprint density at radius 1 is 0.725 bits per heavy atom. The number of rotatable bonds is 12. The van der Waals surface area contributed by atoms with E-state index in [1.54, 1.807) is 0 Å². The van der Waals surface area contributed by atoms with Crippen LogP contribution in [0, 0.1) is 0 Å². The Balaban J connectivity index is 0.000000643. The average molecular weight is 671 g/mol. The van der Waals surface area contributed by atoms with Crippen LogP contribution in [0.25, 0.3) is 0 Å². The van der Waals surface area contributed by atoms with Crippen molar-refractivity contribution in [2.24, 2.45) is 9.98 Å². The van der Waals surface area contributed by atoms with Crippen molar-refractivity contribution in [1.29, 1.82) is 0 Å². The summed E-state index contributed by atoms with van der Waals surface area (Å²) in [6.45, 7) is 5.24. The van der Waals surface area contributed by atoms with Crippen LogP contribution in [-0.2, 0) is 22.3 Å². The fourth-order valence-electron chi connectivity index (χ4n) is 3.86. The van der Waals surface area contributed by atoms with Gasteiger partial charge in [0.05, 0.1) is 18.0 Å². The number of hydrogen-bond acceptors (Lipinski definition) is 6. The van der Waals surface area contributed by atoms with Crippen LogP contribution in [-0.4, -0.2) is 70.2 Å². The van der Waals surface area contributed by atoms with E-state index in [4.69, 9.17) is 20.9 Å². The highest BCUT2D eigenvalue weighted by molar-refractivity contribution is 8.26. The molecule has 0 aliphatic carbocycles. The van der Waals surface area contributed by atoms with E-state index in [1.807, 2.05) is 36.7 Å². The Kier molecular flexibility index (Phi) is 23.6. The highest BCUT2D eigenvalue weighted by atomic mass is 36.0. The van der Waals surface area contributed by atoms with Gasteiger partial charge in [-0.25, -0.2) is 4.21 Å². The van der Waals surface area contributed by atoms with E-state index in [0.717, 1.165) is 57.0 Å². The summed E-state index contributed by atoms with van der Waals surface area (Å²) in [5, 5.41) is 9.09. The van der Waals surface area contributed by atoms with Gasteiger partial charge in [-0.1, -0.05) is 72.8 Å². The van der Waals surface area contributed by atoms with Crippen LogP contribution < -0.4 is 0 Å². The van der Waals surface area contributed by atoms with E-state index in [9.17, 15) is 0 Å². The number of nitrogens with zero attached hydrogens (tertiary/aromatic N) is 4. The first kappa shape index (κ1) is 38.7. The van der Waals surface area contributed by atoms with Gasteiger partial charge in [0.1, 0.15) is 0 Å². The molecule has 6 nitrogen and oxygen atoms in total. The van der Waals surface area contributed by atoms with Crippen molar-refractivity contribution >= 4 is 79.4 Å². The van der Waals surface area contributed by atoms with Crippen molar-refractivity contribution in [3.63, 3.8) is 0 Å². The zero-order chi connectivity index (χ0) is 27.4. The van der Waals surface area contributed by atoms with Gasteiger partial charge < -0.3 is 5.11 Å². The van der Waals surface area contributed by atoms with Crippen LogP contribution in [0.4, 0.5) is 0 Å². The lowest BCUT2D eigenvalue weighted by molar-refractivity contribution is 0.200. The number of aliphatic hydroxyl groups excluding tert-OH is 1. The fraction of sp³-hybridized carbons (Fsp3) is 0.357. The second-order valence-electron chi connectivity index (χ2n) is 8.48. The van der Waals surface area contributed by atoms with Gasteiger partial charge in [-0.05, 0) is 11.1 Å². The second kappa shape index (κ2) is 24.3. The van der Waals surface area contributed by atoms with E-state index in [-0.39, 0.29) is 31.4 Å². The molecule has 0 aromatic heterocycles. The molecule has 0 bridgehead atoms. The Bertz CT molecular complexity index is 989. The first-order chi connectivity index (χ1) is 18.5. The molecular weight excluding hydrogens is 634 g/mol. The molecule has 12 heteroatoms. The van der Waals surface area contributed by atoms with Crippen molar-refractivity contribution in [2.75, 3.05) is 38.7 Å². The molecule has 0 saturated carbocycles. The summed E-state index contributed by atoms with van der Waals surface area (Å²) in [6.07, 6.45) is 10.1. The Labute approximate surface area is 267 Å². The maximum absolute atomic E-state index is 9.09. The van der Waals surface area contributed by atoms with Crippen LogP contribution >= 0.6 is 57.8 Å². The third-order valence-corrected chi connectivity index (χ3v) is 5.69. The standard InChI is InChI=1S/C14H17ClN2.C14H18N2O.Cl2OS.2ClH/c15-8-10-17(12-14-7-4-9-16-14)11-13-5-2-1-3-6-13;17-10-9-16(12-14-7-4-8-15-14)11-13-5-2-1-3-6-13;1-4(2)3;;/h1-3,5-7,9H,4,8,10-12H2;1-3,5-8,17H,4,9-12H2;;2*1H. The molecule has 0 saturated heterocycles. The molecular formula is C28H37Cl5N4O2S. The van der Waals surface area contributed by atoms with Gasteiger partial charge in [-0.3, -0.25) is 19.8 Å². The van der Waals surface area contributed by atoms with Gasteiger partial charge >= 0.3 is 0 Å². The van der Waals surface area contributed by atoms with Crippen LogP contribution in [0.15, 0.2) is 94.2 Å². The molecule has 0 unspecified atom stereocenters. The SMILES string of the molecule is Cl.Cl.ClCCN(CC1=CCC=N1)Cc1ccccc1.O=S(Cl)Cl.OCCN(CC1=CCC=N1)Cc1ccccc1. The summed E-state index contributed by atoms with van der Waals surface area (Å²) in [5.74, 6) is 0.657. The number of alkyl halides is 1. The van der Waals surface area contributed by atoms with Crippen molar-refractivity contribution in [1.82, 2.24) is 9.80 Å². The molecule has 1 N–H and O–H groups in total. The summed E-state index contributed by atoms with van der Waals surface area (Å²) < 4.78 is 9.09. The van der Waals surface area contributed by atoms with Gasteiger partial charge in [0.25, 0.3) is 0 Å². The second-order valence-corrected chi connectivity index (χ2v) is 11.4. The van der Waals surface area contributed by atoms with E-state index in [1.165, 1.54) is 11.1 Å². The predicted octanol–water partition coefficient (Wildman–Crippen LogP) is 6.81. The van der Waals surface area contributed by atoms with Crippen LogP contribution in [0.1, 0.15) is 24.0 Å². The topological polar surface area (TPSA) is 68.5 Å². The normalized spacial score (nSPS) is 13.1. The Morgan fingerprint density at radius 3 is 1.45 bits per heavy atom. The van der Waals surface area contributed by atoms with Crippen molar-refractivity contribution in [3.05, 3.63) is 95.3 Å². The summed E-state index contributed by atoms with van der Waals surface area (Å²) in [4.78, 5) is 13.2. The average Bonchev–Trinajstić information content (AvgIpc) is 3.60. The minimum absolute atomic E-state index is 0. The molecule has 0 radical (unpaired) electrons. The maximum Gasteiger partial charge on any atom is 0.211 e. The minimum atomic E-state index is -1.67. The molecule has 40 heavy (non-hydrogen) atoms. The van der Waals surface area contributed by atoms with E-state index >= 15 is 0 Å². The molecule has 2 heterocycles. The number of aliphatic hydroxyl groups is 1. The first-order valence-electron chi connectivity index (χ1n) is 12.4.